The van der Waals surface area contributed by atoms with Crippen LogP contribution in [-0.4, -0.2) is 99.6 Å². The lowest BCUT2D eigenvalue weighted by atomic mass is 9.99. The summed E-state index contributed by atoms with van der Waals surface area (Å²) in [5.74, 6) is -1.19. The number of aliphatic hydroxyl groups is 5. The maximum absolute atomic E-state index is 13.5. The molecule has 0 saturated carbocycles. The van der Waals surface area contributed by atoms with Crippen LogP contribution in [0.3, 0.4) is 0 Å². The first-order valence-corrected chi connectivity index (χ1v) is 35.7. The van der Waals surface area contributed by atoms with Gasteiger partial charge in [0.2, 0.25) is 5.91 Å². The van der Waals surface area contributed by atoms with Gasteiger partial charge in [-0.05, 0) is 96.3 Å². The zero-order valence-corrected chi connectivity index (χ0v) is 55.0. The second-order valence-electron chi connectivity index (χ2n) is 24.6. The summed E-state index contributed by atoms with van der Waals surface area (Å²) in [6, 6.07) is -1.03. The van der Waals surface area contributed by atoms with E-state index in [4.69, 9.17) is 14.2 Å². The second kappa shape index (κ2) is 61.3. The Hall–Kier alpha value is -2.90. The van der Waals surface area contributed by atoms with Crippen LogP contribution in [-0.2, 0) is 23.8 Å². The first-order chi connectivity index (χ1) is 41.7. The Bertz CT molecular complexity index is 1660. The van der Waals surface area contributed by atoms with Gasteiger partial charge in [0, 0.05) is 6.42 Å². The predicted octanol–water partition coefficient (Wildman–Crippen LogP) is 18.3. The summed E-state index contributed by atoms with van der Waals surface area (Å²) in [5, 5.41) is 57.3. The minimum atomic E-state index is -1.62. The molecule has 0 radical (unpaired) electrons. The van der Waals surface area contributed by atoms with E-state index in [1.807, 2.05) is 6.08 Å². The van der Waals surface area contributed by atoms with E-state index in [-0.39, 0.29) is 19.4 Å². The summed E-state index contributed by atoms with van der Waals surface area (Å²) in [6.45, 7) is 5.77. The number of hydrogen-bond donors (Lipinski definition) is 6. The van der Waals surface area contributed by atoms with Crippen molar-refractivity contribution in [1.29, 1.82) is 0 Å². The number of aliphatic hydroxyl groups excluding tert-OH is 5. The second-order valence-corrected chi connectivity index (χ2v) is 24.6. The Kier molecular flexibility index (Phi) is 57.8. The number of carbonyl (C=O) groups excluding carboxylic acids is 2. The molecule has 0 aliphatic carbocycles. The molecule has 1 fully saturated rings. The quantitative estimate of drug-likeness (QED) is 0.0195. The van der Waals surface area contributed by atoms with Crippen molar-refractivity contribution < 1.29 is 49.3 Å². The molecule has 1 heterocycles. The molecule has 0 bridgehead atoms. The summed E-state index contributed by atoms with van der Waals surface area (Å²) in [6.07, 6.45) is 69.3. The molecular formula is C74H133NO10. The molecule has 11 heteroatoms. The molecular weight excluding hydrogens is 1060 g/mol. The van der Waals surface area contributed by atoms with E-state index in [2.05, 4.69) is 86.8 Å². The number of carbonyl (C=O) groups is 2. The number of rotatable bonds is 61. The van der Waals surface area contributed by atoms with Crippen molar-refractivity contribution in [2.75, 3.05) is 13.2 Å². The number of esters is 1. The molecule has 8 atom stereocenters. The molecule has 6 N–H and O–H groups in total. The van der Waals surface area contributed by atoms with Gasteiger partial charge in [-0.25, -0.2) is 0 Å². The lowest BCUT2D eigenvalue weighted by Crippen LogP contribution is -2.61. The van der Waals surface area contributed by atoms with Crippen molar-refractivity contribution in [2.45, 2.75) is 372 Å². The Morgan fingerprint density at radius 1 is 0.459 bits per heavy atom. The summed E-state index contributed by atoms with van der Waals surface area (Å²) in [4.78, 5) is 26.7. The third-order valence-corrected chi connectivity index (χ3v) is 16.6. The van der Waals surface area contributed by atoms with Gasteiger partial charge in [-0.2, -0.15) is 0 Å². The van der Waals surface area contributed by atoms with Gasteiger partial charge in [-0.15, -0.1) is 0 Å². The van der Waals surface area contributed by atoms with Gasteiger partial charge in [0.15, 0.2) is 12.4 Å². The molecule has 1 saturated heterocycles. The van der Waals surface area contributed by atoms with Gasteiger partial charge >= 0.3 is 5.97 Å². The minimum Gasteiger partial charge on any atom is -0.454 e. The van der Waals surface area contributed by atoms with E-state index in [0.717, 1.165) is 83.5 Å². The van der Waals surface area contributed by atoms with Crippen LogP contribution in [0.5, 0.6) is 0 Å². The van der Waals surface area contributed by atoms with Crippen molar-refractivity contribution in [1.82, 2.24) is 5.32 Å². The van der Waals surface area contributed by atoms with E-state index in [1.165, 1.54) is 193 Å². The van der Waals surface area contributed by atoms with Gasteiger partial charge in [-0.3, -0.25) is 9.59 Å². The predicted molar refractivity (Wildman–Crippen MR) is 356 cm³/mol. The minimum absolute atomic E-state index is 0.120. The number of nitrogens with one attached hydrogen (secondary N) is 1. The fourth-order valence-electron chi connectivity index (χ4n) is 10.9. The summed E-state index contributed by atoms with van der Waals surface area (Å²) < 4.78 is 17.7. The van der Waals surface area contributed by atoms with Crippen molar-refractivity contribution in [3.8, 4) is 0 Å². The molecule has 1 aliphatic heterocycles. The zero-order chi connectivity index (χ0) is 61.7. The monoisotopic (exact) mass is 1200 g/mol. The normalized spacial score (nSPS) is 18.8. The number of hydrogen-bond acceptors (Lipinski definition) is 10. The van der Waals surface area contributed by atoms with Crippen LogP contribution in [0.15, 0.2) is 72.9 Å². The number of unbranched alkanes of at least 4 members (excludes halogenated alkanes) is 37. The van der Waals surface area contributed by atoms with E-state index in [0.29, 0.717) is 12.8 Å². The third kappa shape index (κ3) is 48.7. The van der Waals surface area contributed by atoms with Gasteiger partial charge in [0.1, 0.15) is 24.4 Å². The standard InChI is InChI=1S/C74H133NO10/c1-4-7-10-13-16-19-22-25-27-29-31-33-35-36-38-40-43-46-49-52-55-58-61-67(78)73(82)75-65(66(77)60-57-54-51-48-45-42-24-21-18-15-12-9-6-3)64-83-74-72(71(81)70(80)68(63-76)84-74)85-69(79)62-59-56-53-50-47-44-41-39-37-34-32-30-28-26-23-20-17-14-11-8-5-2/h16-17,19-20,25-28,31,33,57,60,65-68,70-72,74,76-78,80-81H,4-15,18,21-24,29-30,32,34-56,58-59,61-64H2,1-3H3,(H,75,82)/b19-16-,20-17-,27-25-,28-26-,33-31-,60-57+. The van der Waals surface area contributed by atoms with Crippen molar-refractivity contribution >= 4 is 11.9 Å². The lowest BCUT2D eigenvalue weighted by Gasteiger charge is -2.41. The van der Waals surface area contributed by atoms with Crippen molar-refractivity contribution in [3.05, 3.63) is 72.9 Å². The average Bonchev–Trinajstić information content (AvgIpc) is 3.19. The Labute approximate surface area is 521 Å². The lowest BCUT2D eigenvalue weighted by molar-refractivity contribution is -0.305. The first kappa shape index (κ1) is 80.1. The molecule has 0 spiro atoms. The molecule has 0 aromatic carbocycles. The number of amides is 1. The highest BCUT2D eigenvalue weighted by atomic mass is 16.7. The highest BCUT2D eigenvalue weighted by molar-refractivity contribution is 5.80. The van der Waals surface area contributed by atoms with E-state index in [9.17, 15) is 35.1 Å². The first-order valence-electron chi connectivity index (χ1n) is 35.7. The van der Waals surface area contributed by atoms with E-state index >= 15 is 0 Å². The molecule has 0 aromatic heterocycles. The van der Waals surface area contributed by atoms with Crippen molar-refractivity contribution in [2.24, 2.45) is 0 Å². The number of allylic oxidation sites excluding steroid dienone is 11. The van der Waals surface area contributed by atoms with E-state index in [1.54, 1.807) is 6.08 Å². The summed E-state index contributed by atoms with van der Waals surface area (Å²) in [7, 11) is 0. The maximum atomic E-state index is 13.5. The molecule has 1 rings (SSSR count). The van der Waals surface area contributed by atoms with Crippen LogP contribution in [0, 0.1) is 0 Å². The van der Waals surface area contributed by atoms with Gasteiger partial charge in [0.25, 0.3) is 0 Å². The third-order valence-electron chi connectivity index (χ3n) is 16.6. The van der Waals surface area contributed by atoms with Crippen LogP contribution in [0.2, 0.25) is 0 Å². The van der Waals surface area contributed by atoms with Gasteiger partial charge in [0.05, 0.1) is 25.4 Å². The maximum Gasteiger partial charge on any atom is 0.306 e. The number of ether oxygens (including phenoxy) is 3. The van der Waals surface area contributed by atoms with Crippen LogP contribution in [0.1, 0.15) is 323 Å². The van der Waals surface area contributed by atoms with Crippen LogP contribution < -0.4 is 5.32 Å². The SMILES string of the molecule is CCCCC/C=C\C/C=C\C/C=C\CCCCCCCCCCCC(O)C(=O)NC(COC1OC(CO)C(O)C(O)C1OC(=O)CCCCCCCCCCCCC/C=C\C/C=C\CCCCC)C(O)/C=C/CCCCCCCCCCCCC. The van der Waals surface area contributed by atoms with Gasteiger partial charge in [-0.1, -0.05) is 293 Å². The fourth-order valence-corrected chi connectivity index (χ4v) is 10.9. The van der Waals surface area contributed by atoms with Crippen LogP contribution >= 0.6 is 0 Å². The van der Waals surface area contributed by atoms with Crippen LogP contribution in [0.4, 0.5) is 0 Å². The Morgan fingerprint density at radius 3 is 1.24 bits per heavy atom. The molecule has 0 aromatic rings. The molecule has 11 nitrogen and oxygen atoms in total. The molecule has 1 amide bonds. The summed E-state index contributed by atoms with van der Waals surface area (Å²) >= 11 is 0. The molecule has 8 unspecified atom stereocenters. The largest absolute Gasteiger partial charge is 0.454 e. The van der Waals surface area contributed by atoms with Gasteiger partial charge < -0.3 is 45.1 Å². The van der Waals surface area contributed by atoms with E-state index < -0.39 is 67.4 Å². The highest BCUT2D eigenvalue weighted by Crippen LogP contribution is 2.26. The topological polar surface area (TPSA) is 175 Å². The zero-order valence-electron chi connectivity index (χ0n) is 55.0. The van der Waals surface area contributed by atoms with Crippen LogP contribution in [0.25, 0.3) is 0 Å². The Morgan fingerprint density at radius 2 is 0.812 bits per heavy atom. The average molecular weight is 1200 g/mol. The fraction of sp³-hybridized carbons (Fsp3) is 0.811. The molecule has 85 heavy (non-hydrogen) atoms. The Balaban J connectivity index is 2.60. The smallest absolute Gasteiger partial charge is 0.306 e. The summed E-state index contributed by atoms with van der Waals surface area (Å²) in [5.41, 5.74) is 0. The highest BCUT2D eigenvalue weighted by Gasteiger charge is 2.47. The van der Waals surface area contributed by atoms with Crippen molar-refractivity contribution in [3.63, 3.8) is 0 Å². The molecule has 494 valence electrons. The molecule has 1 aliphatic rings.